The summed E-state index contributed by atoms with van der Waals surface area (Å²) in [5.74, 6) is -7.35. The molecule has 7 nitrogen and oxygen atoms in total. The standard InChI is InChI=1S/C26H22F4N2O5/c1-25(27,28)26(29,30)37-18-10-6-15(7-11-18)24(35)36-22-5-3-2-4-19(22)20(23(33)34)12-8-16-14-17(31)9-13-21(16)32/h2-7,9-14H,8,31-32H2,1H3,(H,33,34)/b20-12+. The molecular formula is C26H22F4N2O5. The second-order valence-corrected chi connectivity index (χ2v) is 8.00. The van der Waals surface area contributed by atoms with Crippen LogP contribution in [0.5, 0.6) is 11.5 Å². The van der Waals surface area contributed by atoms with Crippen molar-refractivity contribution in [1.82, 2.24) is 0 Å². The fourth-order valence-electron chi connectivity index (χ4n) is 3.16. The summed E-state index contributed by atoms with van der Waals surface area (Å²) < 4.78 is 62.2. The van der Waals surface area contributed by atoms with Gasteiger partial charge in [0.25, 0.3) is 0 Å². The molecule has 0 heterocycles. The second kappa shape index (κ2) is 10.6. The van der Waals surface area contributed by atoms with E-state index in [9.17, 15) is 32.3 Å². The highest BCUT2D eigenvalue weighted by Gasteiger charge is 2.55. The maximum atomic E-state index is 13.4. The predicted octanol–water partition coefficient (Wildman–Crippen LogP) is 5.41. The maximum Gasteiger partial charge on any atom is 0.463 e. The van der Waals surface area contributed by atoms with Crippen LogP contribution in [0.4, 0.5) is 28.9 Å². The molecule has 0 bridgehead atoms. The average Bonchev–Trinajstić information content (AvgIpc) is 2.81. The Balaban J connectivity index is 1.83. The van der Waals surface area contributed by atoms with Crippen molar-refractivity contribution in [2.75, 3.05) is 11.5 Å². The van der Waals surface area contributed by atoms with Crippen LogP contribution in [0.25, 0.3) is 5.57 Å². The number of ether oxygens (including phenoxy) is 2. The quantitative estimate of drug-likeness (QED) is 0.114. The number of esters is 1. The van der Waals surface area contributed by atoms with Gasteiger partial charge in [0, 0.05) is 23.9 Å². The van der Waals surface area contributed by atoms with E-state index in [1.807, 2.05) is 0 Å². The number of anilines is 2. The molecule has 0 aliphatic rings. The number of aliphatic carboxylic acids is 1. The molecule has 0 radical (unpaired) electrons. The molecule has 3 aromatic carbocycles. The van der Waals surface area contributed by atoms with E-state index in [1.165, 1.54) is 24.3 Å². The third kappa shape index (κ3) is 6.57. The van der Waals surface area contributed by atoms with Crippen molar-refractivity contribution in [3.63, 3.8) is 0 Å². The minimum absolute atomic E-state index is 0.0141. The van der Waals surface area contributed by atoms with Crippen molar-refractivity contribution >= 4 is 28.9 Å². The number of halogens is 4. The van der Waals surface area contributed by atoms with Crippen molar-refractivity contribution in [2.45, 2.75) is 25.4 Å². The number of para-hydroxylation sites is 1. The average molecular weight is 518 g/mol. The molecular weight excluding hydrogens is 496 g/mol. The van der Waals surface area contributed by atoms with E-state index in [4.69, 9.17) is 16.2 Å². The third-order valence-corrected chi connectivity index (χ3v) is 5.15. The number of carboxylic acids is 1. The minimum Gasteiger partial charge on any atom is -0.478 e. The topological polar surface area (TPSA) is 125 Å². The van der Waals surface area contributed by atoms with Gasteiger partial charge in [-0.05, 0) is 60.5 Å². The molecule has 3 rings (SSSR count). The SMILES string of the molecule is CC(F)(F)C(F)(F)Oc1ccc(C(=O)Oc2ccccc2/C(=C\Cc2cc(N)ccc2N)C(=O)O)cc1. The Hall–Kier alpha value is -4.54. The van der Waals surface area contributed by atoms with Crippen molar-refractivity contribution in [3.8, 4) is 11.5 Å². The maximum absolute atomic E-state index is 13.4. The van der Waals surface area contributed by atoms with E-state index >= 15 is 0 Å². The van der Waals surface area contributed by atoms with Gasteiger partial charge in [0.05, 0.1) is 11.1 Å². The number of hydrogen-bond donors (Lipinski definition) is 3. The first-order chi connectivity index (χ1) is 17.3. The first kappa shape index (κ1) is 27.1. The summed E-state index contributed by atoms with van der Waals surface area (Å²) in [6.07, 6.45) is -3.23. The highest BCUT2D eigenvalue weighted by molar-refractivity contribution is 6.16. The summed E-state index contributed by atoms with van der Waals surface area (Å²) in [6.45, 7) is 0.0141. The summed E-state index contributed by atoms with van der Waals surface area (Å²) >= 11 is 0. The largest absolute Gasteiger partial charge is 0.478 e. The number of benzene rings is 3. The van der Waals surface area contributed by atoms with E-state index in [1.54, 1.807) is 24.3 Å². The van der Waals surface area contributed by atoms with Gasteiger partial charge in [-0.15, -0.1) is 0 Å². The summed E-state index contributed by atoms with van der Waals surface area (Å²) in [4.78, 5) is 24.7. The number of hydrogen-bond acceptors (Lipinski definition) is 6. The molecule has 0 aliphatic carbocycles. The lowest BCUT2D eigenvalue weighted by Crippen LogP contribution is -2.42. The zero-order valence-electron chi connectivity index (χ0n) is 19.4. The van der Waals surface area contributed by atoms with E-state index in [0.717, 1.165) is 24.3 Å². The van der Waals surface area contributed by atoms with E-state index in [2.05, 4.69) is 4.74 Å². The molecule has 0 atom stereocenters. The summed E-state index contributed by atoms with van der Waals surface area (Å²) in [6, 6.07) is 14.6. The van der Waals surface area contributed by atoms with Crippen LogP contribution in [0.3, 0.4) is 0 Å². The lowest BCUT2D eigenvalue weighted by atomic mass is 10.0. The zero-order valence-corrected chi connectivity index (χ0v) is 19.4. The normalized spacial score (nSPS) is 12.2. The summed E-state index contributed by atoms with van der Waals surface area (Å²) in [7, 11) is 0. The van der Waals surface area contributed by atoms with Crippen LogP contribution < -0.4 is 20.9 Å². The van der Waals surface area contributed by atoms with Gasteiger partial charge in [-0.2, -0.15) is 17.6 Å². The Bertz CT molecular complexity index is 1340. The number of alkyl halides is 4. The molecule has 0 aliphatic heterocycles. The number of allylic oxidation sites excluding steroid dienone is 1. The Labute approximate surface area is 208 Å². The van der Waals surface area contributed by atoms with Crippen molar-refractivity contribution < 1.29 is 41.7 Å². The Morgan fingerprint density at radius 2 is 1.62 bits per heavy atom. The van der Waals surface area contributed by atoms with Crippen LogP contribution >= 0.6 is 0 Å². The van der Waals surface area contributed by atoms with Crippen LogP contribution in [0.2, 0.25) is 0 Å². The highest BCUT2D eigenvalue weighted by Crippen LogP contribution is 2.36. The summed E-state index contributed by atoms with van der Waals surface area (Å²) in [5, 5.41) is 9.79. The van der Waals surface area contributed by atoms with Crippen molar-refractivity contribution in [2.24, 2.45) is 0 Å². The molecule has 194 valence electrons. The third-order valence-electron chi connectivity index (χ3n) is 5.15. The Morgan fingerprint density at radius 1 is 0.973 bits per heavy atom. The van der Waals surface area contributed by atoms with Crippen LogP contribution in [-0.2, 0) is 11.2 Å². The predicted molar refractivity (Wildman–Crippen MR) is 129 cm³/mol. The fraction of sp³-hybridized carbons (Fsp3) is 0.154. The molecule has 0 spiro atoms. The van der Waals surface area contributed by atoms with Gasteiger partial charge >= 0.3 is 24.0 Å². The van der Waals surface area contributed by atoms with Gasteiger partial charge in [0.2, 0.25) is 0 Å². The van der Waals surface area contributed by atoms with E-state index < -0.39 is 29.7 Å². The van der Waals surface area contributed by atoms with Crippen molar-refractivity contribution in [3.05, 3.63) is 89.5 Å². The first-order valence-electron chi connectivity index (χ1n) is 10.7. The zero-order chi connectivity index (χ0) is 27.4. The number of nitrogen functional groups attached to an aromatic ring is 2. The second-order valence-electron chi connectivity index (χ2n) is 8.00. The van der Waals surface area contributed by atoms with Gasteiger partial charge in [-0.3, -0.25) is 0 Å². The molecule has 11 heteroatoms. The monoisotopic (exact) mass is 518 g/mol. The highest BCUT2D eigenvalue weighted by atomic mass is 19.3. The van der Waals surface area contributed by atoms with Crippen LogP contribution in [0, 0.1) is 0 Å². The number of rotatable bonds is 9. The molecule has 5 N–H and O–H groups in total. The smallest absolute Gasteiger partial charge is 0.463 e. The molecule has 0 aromatic heterocycles. The van der Waals surface area contributed by atoms with Gasteiger partial charge in [-0.1, -0.05) is 24.3 Å². The lowest BCUT2D eigenvalue weighted by Gasteiger charge is -2.23. The van der Waals surface area contributed by atoms with E-state index in [-0.39, 0.29) is 35.8 Å². The molecule has 0 fully saturated rings. The molecule has 0 unspecified atom stereocenters. The molecule has 37 heavy (non-hydrogen) atoms. The Morgan fingerprint density at radius 3 is 2.24 bits per heavy atom. The molecule has 0 amide bonds. The lowest BCUT2D eigenvalue weighted by molar-refractivity contribution is -0.301. The van der Waals surface area contributed by atoms with Gasteiger partial charge in [-0.25, -0.2) is 9.59 Å². The van der Waals surface area contributed by atoms with Crippen molar-refractivity contribution in [1.29, 1.82) is 0 Å². The number of carbonyl (C=O) groups is 2. The first-order valence-corrected chi connectivity index (χ1v) is 10.7. The van der Waals surface area contributed by atoms with Gasteiger partial charge < -0.3 is 26.0 Å². The Kier molecular flexibility index (Phi) is 7.76. The van der Waals surface area contributed by atoms with Crippen LogP contribution in [0.1, 0.15) is 28.4 Å². The van der Waals surface area contributed by atoms with Gasteiger partial charge in [0.1, 0.15) is 11.5 Å². The summed E-state index contributed by atoms with van der Waals surface area (Å²) in [5.41, 5.74) is 13.0. The van der Waals surface area contributed by atoms with Crippen LogP contribution in [-0.4, -0.2) is 29.1 Å². The number of carboxylic acid groups (broad SMARTS) is 1. The van der Waals surface area contributed by atoms with Gasteiger partial charge in [0.15, 0.2) is 0 Å². The molecule has 0 saturated heterocycles. The number of nitrogens with two attached hydrogens (primary N) is 2. The fourth-order valence-corrected chi connectivity index (χ4v) is 3.16. The number of carbonyl (C=O) groups excluding carboxylic acids is 1. The van der Waals surface area contributed by atoms with Crippen LogP contribution in [0.15, 0.2) is 72.8 Å². The minimum atomic E-state index is -4.76. The molecule has 0 saturated carbocycles. The van der Waals surface area contributed by atoms with E-state index in [0.29, 0.717) is 16.9 Å². The molecule has 3 aromatic rings.